The average molecular weight is 325 g/mol. The van der Waals surface area contributed by atoms with Gasteiger partial charge in [-0.25, -0.2) is 0 Å². The van der Waals surface area contributed by atoms with Crippen LogP contribution >= 0.6 is 0 Å². The van der Waals surface area contributed by atoms with Gasteiger partial charge in [0.1, 0.15) is 0 Å². The van der Waals surface area contributed by atoms with Gasteiger partial charge in [-0.3, -0.25) is 0 Å². The monoisotopic (exact) mass is 325 g/mol. The molecule has 4 rings (SSSR count). The number of hydrogen-bond acceptors (Lipinski definition) is 4. The van der Waals surface area contributed by atoms with Gasteiger partial charge in [0.15, 0.2) is 11.5 Å². The Morgan fingerprint density at radius 3 is 2.75 bits per heavy atom. The summed E-state index contributed by atoms with van der Waals surface area (Å²) in [5.41, 5.74) is 3.90. The SMILES string of the molecule is COc1ccc(C[C@@H]2OCC[C@H]3c4ccccc4N[C@H]23)cc1OC. The number of hydrogen-bond donors (Lipinski definition) is 1. The second-order valence-electron chi connectivity index (χ2n) is 6.46. The third kappa shape index (κ3) is 2.61. The number of anilines is 1. The summed E-state index contributed by atoms with van der Waals surface area (Å²) >= 11 is 0. The molecule has 0 aliphatic carbocycles. The summed E-state index contributed by atoms with van der Waals surface area (Å²) in [6.45, 7) is 0.815. The highest BCUT2D eigenvalue weighted by Crippen LogP contribution is 2.43. The van der Waals surface area contributed by atoms with Crippen molar-refractivity contribution >= 4 is 5.69 Å². The van der Waals surface area contributed by atoms with Gasteiger partial charge in [0.2, 0.25) is 0 Å². The van der Waals surface area contributed by atoms with E-state index in [1.807, 2.05) is 12.1 Å². The minimum absolute atomic E-state index is 0.161. The van der Waals surface area contributed by atoms with Crippen molar-refractivity contribution in [3.8, 4) is 11.5 Å². The number of benzene rings is 2. The van der Waals surface area contributed by atoms with Crippen LogP contribution in [0.3, 0.4) is 0 Å². The van der Waals surface area contributed by atoms with Crippen molar-refractivity contribution in [1.29, 1.82) is 0 Å². The van der Waals surface area contributed by atoms with Crippen LogP contribution in [0.5, 0.6) is 11.5 Å². The predicted molar refractivity (Wildman–Crippen MR) is 94.2 cm³/mol. The van der Waals surface area contributed by atoms with Crippen molar-refractivity contribution in [2.45, 2.75) is 30.9 Å². The Bertz CT molecular complexity index is 731. The van der Waals surface area contributed by atoms with Crippen LogP contribution in [0.2, 0.25) is 0 Å². The van der Waals surface area contributed by atoms with Crippen LogP contribution in [0.15, 0.2) is 42.5 Å². The molecule has 0 amide bonds. The van der Waals surface area contributed by atoms with Crippen LogP contribution in [0.4, 0.5) is 5.69 Å². The molecule has 1 N–H and O–H groups in total. The van der Waals surface area contributed by atoms with Crippen molar-refractivity contribution in [2.75, 3.05) is 26.1 Å². The third-order valence-corrected chi connectivity index (χ3v) is 5.16. The molecule has 0 saturated carbocycles. The molecule has 0 radical (unpaired) electrons. The van der Waals surface area contributed by atoms with Gasteiger partial charge < -0.3 is 19.5 Å². The number of methoxy groups -OCH3 is 2. The zero-order valence-electron chi connectivity index (χ0n) is 14.1. The molecule has 1 saturated heterocycles. The Kier molecular flexibility index (Phi) is 4.07. The van der Waals surface area contributed by atoms with Crippen molar-refractivity contribution < 1.29 is 14.2 Å². The van der Waals surface area contributed by atoms with E-state index in [2.05, 4.69) is 35.6 Å². The third-order valence-electron chi connectivity index (χ3n) is 5.16. The number of ether oxygens (including phenoxy) is 3. The van der Waals surface area contributed by atoms with Crippen molar-refractivity contribution in [1.82, 2.24) is 0 Å². The highest BCUT2D eigenvalue weighted by molar-refractivity contribution is 5.60. The maximum atomic E-state index is 6.12. The van der Waals surface area contributed by atoms with Gasteiger partial charge in [-0.15, -0.1) is 0 Å². The fraction of sp³-hybridized carbons (Fsp3) is 0.400. The smallest absolute Gasteiger partial charge is 0.160 e. The second kappa shape index (κ2) is 6.36. The van der Waals surface area contributed by atoms with Crippen LogP contribution in [0.25, 0.3) is 0 Å². The van der Waals surface area contributed by atoms with E-state index < -0.39 is 0 Å². The Morgan fingerprint density at radius 2 is 1.92 bits per heavy atom. The molecule has 2 aromatic rings. The molecule has 0 aromatic heterocycles. The van der Waals surface area contributed by atoms with Gasteiger partial charge in [0.25, 0.3) is 0 Å². The molecule has 2 aromatic carbocycles. The topological polar surface area (TPSA) is 39.7 Å². The van der Waals surface area contributed by atoms with Crippen molar-refractivity contribution in [3.63, 3.8) is 0 Å². The molecule has 0 spiro atoms. The van der Waals surface area contributed by atoms with Gasteiger partial charge in [0, 0.05) is 24.6 Å². The molecular formula is C20H23NO3. The zero-order chi connectivity index (χ0) is 16.5. The predicted octanol–water partition coefficient (Wildman–Crippen LogP) is 3.61. The van der Waals surface area contributed by atoms with Crippen LogP contribution in [0, 0.1) is 0 Å². The van der Waals surface area contributed by atoms with E-state index in [1.54, 1.807) is 14.2 Å². The first-order valence-electron chi connectivity index (χ1n) is 8.48. The number of para-hydroxylation sites is 1. The minimum atomic E-state index is 0.161. The Labute approximate surface area is 142 Å². The van der Waals surface area contributed by atoms with Crippen LogP contribution in [-0.2, 0) is 11.2 Å². The van der Waals surface area contributed by atoms with Gasteiger partial charge in [0.05, 0.1) is 26.4 Å². The number of rotatable bonds is 4. The van der Waals surface area contributed by atoms with E-state index in [9.17, 15) is 0 Å². The molecule has 0 unspecified atom stereocenters. The summed E-state index contributed by atoms with van der Waals surface area (Å²) in [5, 5.41) is 3.68. The Morgan fingerprint density at radius 1 is 1.08 bits per heavy atom. The molecule has 2 heterocycles. The molecule has 4 heteroatoms. The van der Waals surface area contributed by atoms with E-state index in [1.165, 1.54) is 16.8 Å². The van der Waals surface area contributed by atoms with E-state index in [0.717, 1.165) is 30.9 Å². The molecule has 24 heavy (non-hydrogen) atoms. The van der Waals surface area contributed by atoms with Gasteiger partial charge in [-0.05, 0) is 35.7 Å². The van der Waals surface area contributed by atoms with Crippen LogP contribution in [-0.4, -0.2) is 33.0 Å². The fourth-order valence-corrected chi connectivity index (χ4v) is 3.99. The number of fused-ring (bicyclic) bond motifs is 3. The molecule has 1 fully saturated rings. The second-order valence-corrected chi connectivity index (χ2v) is 6.46. The van der Waals surface area contributed by atoms with E-state index >= 15 is 0 Å². The maximum absolute atomic E-state index is 6.12. The van der Waals surface area contributed by atoms with Gasteiger partial charge in [-0.2, -0.15) is 0 Å². The normalized spacial score (nSPS) is 24.7. The van der Waals surface area contributed by atoms with Gasteiger partial charge >= 0.3 is 0 Å². The minimum Gasteiger partial charge on any atom is -0.493 e. The summed E-state index contributed by atoms with van der Waals surface area (Å²) in [7, 11) is 3.33. The lowest BCUT2D eigenvalue weighted by molar-refractivity contribution is 0.000643. The van der Waals surface area contributed by atoms with Gasteiger partial charge in [-0.1, -0.05) is 24.3 Å². The largest absolute Gasteiger partial charge is 0.493 e. The van der Waals surface area contributed by atoms with Crippen molar-refractivity contribution in [2.24, 2.45) is 0 Å². The quantitative estimate of drug-likeness (QED) is 0.932. The van der Waals surface area contributed by atoms with E-state index in [-0.39, 0.29) is 6.10 Å². The summed E-state index contributed by atoms with van der Waals surface area (Å²) < 4.78 is 16.9. The lowest BCUT2D eigenvalue weighted by Gasteiger charge is -2.34. The van der Waals surface area contributed by atoms with E-state index in [4.69, 9.17) is 14.2 Å². The lowest BCUT2D eigenvalue weighted by atomic mass is 9.85. The Balaban J connectivity index is 1.55. The number of nitrogens with one attached hydrogen (secondary N) is 1. The molecule has 2 aliphatic heterocycles. The maximum Gasteiger partial charge on any atom is 0.160 e. The molecule has 3 atom stereocenters. The highest BCUT2D eigenvalue weighted by Gasteiger charge is 2.40. The zero-order valence-corrected chi connectivity index (χ0v) is 14.1. The molecule has 126 valence electrons. The van der Waals surface area contributed by atoms with Crippen molar-refractivity contribution in [3.05, 3.63) is 53.6 Å². The summed E-state index contributed by atoms with van der Waals surface area (Å²) in [6, 6.07) is 15.1. The highest BCUT2D eigenvalue weighted by atomic mass is 16.5. The molecular weight excluding hydrogens is 302 g/mol. The fourth-order valence-electron chi connectivity index (χ4n) is 3.99. The Hall–Kier alpha value is -2.20. The first-order valence-corrected chi connectivity index (χ1v) is 8.48. The average Bonchev–Trinajstić information content (AvgIpc) is 3.01. The standard InChI is InChI=1S/C20H23NO3/c1-22-17-8-7-13(11-18(17)23-2)12-19-20-15(9-10-24-19)14-5-3-4-6-16(14)21-20/h3-8,11,15,19-21H,9-10,12H2,1-2H3/t15-,19-,20-/m0/s1. The lowest BCUT2D eigenvalue weighted by Crippen LogP contribution is -2.42. The van der Waals surface area contributed by atoms with Crippen LogP contribution in [0.1, 0.15) is 23.5 Å². The van der Waals surface area contributed by atoms with Crippen LogP contribution < -0.4 is 14.8 Å². The summed E-state index contributed by atoms with van der Waals surface area (Å²) in [6.07, 6.45) is 2.11. The first-order chi connectivity index (χ1) is 11.8. The molecule has 4 nitrogen and oxygen atoms in total. The van der Waals surface area contributed by atoms with E-state index in [0.29, 0.717) is 12.0 Å². The summed E-state index contributed by atoms with van der Waals surface area (Å²) in [5.74, 6) is 2.07. The summed E-state index contributed by atoms with van der Waals surface area (Å²) in [4.78, 5) is 0. The molecule has 0 bridgehead atoms. The molecule has 2 aliphatic rings. The first kappa shape index (κ1) is 15.3.